The molecule has 1 saturated heterocycles. The molecule has 0 aromatic heterocycles. The molecule has 0 amide bonds. The second-order valence-corrected chi connectivity index (χ2v) is 7.84. The van der Waals surface area contributed by atoms with Crippen LogP contribution in [0.4, 0.5) is 0 Å². The maximum atomic E-state index is 12.3. The van der Waals surface area contributed by atoms with Crippen molar-refractivity contribution in [3.8, 4) is 0 Å². The van der Waals surface area contributed by atoms with E-state index in [2.05, 4.69) is 0 Å². The zero-order valence-corrected chi connectivity index (χ0v) is 15.5. The van der Waals surface area contributed by atoms with Crippen molar-refractivity contribution >= 4 is 16.1 Å². The third-order valence-electron chi connectivity index (χ3n) is 4.15. The van der Waals surface area contributed by atoms with E-state index in [1.165, 1.54) is 12.1 Å². The summed E-state index contributed by atoms with van der Waals surface area (Å²) in [4.78, 5) is 12.2. The first-order valence-electron chi connectivity index (χ1n) is 8.41. The van der Waals surface area contributed by atoms with Gasteiger partial charge in [0.15, 0.2) is 6.29 Å². The normalized spacial score (nSPS) is 22.5. The van der Waals surface area contributed by atoms with E-state index in [9.17, 15) is 18.3 Å². The molecule has 1 fully saturated rings. The van der Waals surface area contributed by atoms with Gasteiger partial charge in [-0.15, -0.1) is 0 Å². The number of hydrogen-bond acceptors (Lipinski definition) is 7. The largest absolute Gasteiger partial charge is 0.456 e. The van der Waals surface area contributed by atoms with Crippen LogP contribution in [0.3, 0.4) is 0 Å². The molecule has 3 atom stereocenters. The first-order chi connectivity index (χ1) is 12.8. The Morgan fingerprint density at radius 3 is 2.48 bits per heavy atom. The van der Waals surface area contributed by atoms with E-state index in [1.807, 2.05) is 6.92 Å². The van der Waals surface area contributed by atoms with Crippen molar-refractivity contribution in [2.45, 2.75) is 36.7 Å². The van der Waals surface area contributed by atoms with Gasteiger partial charge in [0.05, 0.1) is 17.1 Å². The number of aryl methyl sites for hydroxylation is 1. The number of hydrogen-bond donors (Lipinski definition) is 1. The molecule has 2 aromatic rings. The molecule has 0 saturated carbocycles. The Morgan fingerprint density at radius 1 is 1.15 bits per heavy atom. The number of carbonyl (C=O) groups is 1. The molecular formula is C19H20O7S. The van der Waals surface area contributed by atoms with E-state index in [4.69, 9.17) is 13.7 Å². The Balaban J connectivity index is 1.64. The fourth-order valence-corrected chi connectivity index (χ4v) is 3.59. The van der Waals surface area contributed by atoms with Crippen molar-refractivity contribution in [2.75, 3.05) is 6.61 Å². The first kappa shape index (κ1) is 19.5. The summed E-state index contributed by atoms with van der Waals surface area (Å²) in [5, 5.41) is 9.71. The lowest BCUT2D eigenvalue weighted by atomic mass is 10.2. The zero-order chi connectivity index (χ0) is 19.4. The lowest BCUT2D eigenvalue weighted by Gasteiger charge is -2.18. The second kappa shape index (κ2) is 8.18. The summed E-state index contributed by atoms with van der Waals surface area (Å²) in [6, 6.07) is 14.6. The molecule has 1 heterocycles. The topological polar surface area (TPSA) is 99.1 Å². The molecule has 27 heavy (non-hydrogen) atoms. The van der Waals surface area contributed by atoms with Crippen molar-refractivity contribution in [1.82, 2.24) is 0 Å². The van der Waals surface area contributed by atoms with Gasteiger partial charge in [0, 0.05) is 6.42 Å². The Hall–Kier alpha value is -2.26. The average Bonchev–Trinajstić information content (AvgIpc) is 3.00. The molecule has 0 spiro atoms. The molecule has 8 heteroatoms. The smallest absolute Gasteiger partial charge is 0.338 e. The Bertz CT molecular complexity index is 878. The van der Waals surface area contributed by atoms with Crippen LogP contribution in [0.25, 0.3) is 0 Å². The van der Waals surface area contributed by atoms with Crippen LogP contribution in [0.1, 0.15) is 22.3 Å². The van der Waals surface area contributed by atoms with E-state index in [1.54, 1.807) is 42.5 Å². The highest BCUT2D eigenvalue weighted by atomic mass is 32.2. The summed E-state index contributed by atoms with van der Waals surface area (Å²) in [6.07, 6.45) is -2.83. The number of aliphatic hydroxyl groups excluding tert-OH is 1. The van der Waals surface area contributed by atoms with Crippen molar-refractivity contribution in [3.05, 3.63) is 65.7 Å². The number of ether oxygens (including phenoxy) is 2. The molecule has 2 aromatic carbocycles. The Kier molecular flexibility index (Phi) is 5.91. The van der Waals surface area contributed by atoms with Gasteiger partial charge < -0.3 is 14.6 Å². The van der Waals surface area contributed by atoms with E-state index in [-0.39, 0.29) is 17.9 Å². The van der Waals surface area contributed by atoms with Crippen molar-refractivity contribution in [2.24, 2.45) is 0 Å². The molecule has 1 aliphatic heterocycles. The van der Waals surface area contributed by atoms with Crippen LogP contribution in [0.2, 0.25) is 0 Å². The summed E-state index contributed by atoms with van der Waals surface area (Å²) < 4.78 is 40.2. The van der Waals surface area contributed by atoms with Gasteiger partial charge in [0.1, 0.15) is 12.2 Å². The van der Waals surface area contributed by atoms with E-state index < -0.39 is 34.6 Å². The van der Waals surface area contributed by atoms with Crippen LogP contribution in [0.5, 0.6) is 0 Å². The van der Waals surface area contributed by atoms with Gasteiger partial charge in [0.2, 0.25) is 0 Å². The van der Waals surface area contributed by atoms with Gasteiger partial charge in [-0.2, -0.15) is 8.42 Å². The van der Waals surface area contributed by atoms with Gasteiger partial charge in [-0.05, 0) is 31.2 Å². The molecule has 1 N–H and O–H groups in total. The predicted molar refractivity (Wildman–Crippen MR) is 95.5 cm³/mol. The second-order valence-electron chi connectivity index (χ2n) is 6.23. The molecule has 0 aliphatic carbocycles. The predicted octanol–water partition coefficient (Wildman–Crippen LogP) is 2.03. The van der Waals surface area contributed by atoms with Gasteiger partial charge in [0.25, 0.3) is 10.1 Å². The van der Waals surface area contributed by atoms with Crippen molar-refractivity contribution < 1.29 is 32.0 Å². The SMILES string of the molecule is Cc1ccc(S(=O)(=O)OC[C@H]2O[C@@H](O)C[C@@H]2OC(=O)c2ccccc2)cc1. The zero-order valence-electron chi connectivity index (χ0n) is 14.6. The van der Waals surface area contributed by atoms with Gasteiger partial charge >= 0.3 is 5.97 Å². The third kappa shape index (κ3) is 4.92. The van der Waals surface area contributed by atoms with Crippen LogP contribution < -0.4 is 0 Å². The lowest BCUT2D eigenvalue weighted by molar-refractivity contribution is -0.105. The minimum Gasteiger partial charge on any atom is -0.456 e. The van der Waals surface area contributed by atoms with Gasteiger partial charge in [-0.3, -0.25) is 4.18 Å². The summed E-state index contributed by atoms with van der Waals surface area (Å²) in [7, 11) is -3.99. The van der Waals surface area contributed by atoms with Crippen molar-refractivity contribution in [1.29, 1.82) is 0 Å². The highest BCUT2D eigenvalue weighted by Gasteiger charge is 2.38. The average molecular weight is 392 g/mol. The minimum atomic E-state index is -3.99. The number of aliphatic hydroxyl groups is 1. The molecule has 0 bridgehead atoms. The van der Waals surface area contributed by atoms with E-state index >= 15 is 0 Å². The first-order valence-corrected chi connectivity index (χ1v) is 9.81. The highest BCUT2D eigenvalue weighted by molar-refractivity contribution is 7.86. The van der Waals surface area contributed by atoms with Crippen LogP contribution in [-0.2, 0) is 23.8 Å². The van der Waals surface area contributed by atoms with Crippen LogP contribution in [-0.4, -0.2) is 44.6 Å². The quantitative estimate of drug-likeness (QED) is 0.593. The number of benzene rings is 2. The number of esters is 1. The van der Waals surface area contributed by atoms with E-state index in [0.29, 0.717) is 5.56 Å². The summed E-state index contributed by atoms with van der Waals surface area (Å²) in [5.74, 6) is -0.579. The molecule has 0 radical (unpaired) electrons. The molecule has 3 rings (SSSR count). The van der Waals surface area contributed by atoms with E-state index in [0.717, 1.165) is 5.56 Å². The fraction of sp³-hybridized carbons (Fsp3) is 0.316. The van der Waals surface area contributed by atoms with Crippen molar-refractivity contribution in [3.63, 3.8) is 0 Å². The van der Waals surface area contributed by atoms with Gasteiger partial charge in [-0.25, -0.2) is 4.79 Å². The highest BCUT2D eigenvalue weighted by Crippen LogP contribution is 2.25. The van der Waals surface area contributed by atoms with Crippen LogP contribution in [0.15, 0.2) is 59.5 Å². The lowest BCUT2D eigenvalue weighted by Crippen LogP contribution is -2.32. The number of rotatable bonds is 6. The van der Waals surface area contributed by atoms with Crippen LogP contribution in [0, 0.1) is 6.92 Å². The standard InChI is InChI=1S/C19H20O7S/c1-13-7-9-15(10-8-13)27(22,23)24-12-17-16(11-18(20)25-17)26-19(21)14-5-3-2-4-6-14/h2-10,16-18,20H,11-12H2,1H3/t16-,17+,18+/m0/s1. The Morgan fingerprint density at radius 2 is 1.81 bits per heavy atom. The molecular weight excluding hydrogens is 372 g/mol. The molecule has 7 nitrogen and oxygen atoms in total. The summed E-state index contributed by atoms with van der Waals surface area (Å²) in [6.45, 7) is 1.47. The van der Waals surface area contributed by atoms with Gasteiger partial charge in [-0.1, -0.05) is 35.9 Å². The summed E-state index contributed by atoms with van der Waals surface area (Å²) >= 11 is 0. The monoisotopic (exact) mass is 392 g/mol. The maximum Gasteiger partial charge on any atom is 0.338 e. The third-order valence-corrected chi connectivity index (χ3v) is 5.44. The minimum absolute atomic E-state index is 0.0180. The fourth-order valence-electron chi connectivity index (χ4n) is 2.68. The maximum absolute atomic E-state index is 12.3. The number of carbonyl (C=O) groups excluding carboxylic acids is 1. The molecule has 144 valence electrons. The summed E-state index contributed by atoms with van der Waals surface area (Å²) in [5.41, 5.74) is 1.27. The molecule has 0 unspecified atom stereocenters. The van der Waals surface area contributed by atoms with Crippen LogP contribution >= 0.6 is 0 Å². The molecule has 1 aliphatic rings. The Labute approximate surface area is 157 Å².